The van der Waals surface area contributed by atoms with Crippen molar-refractivity contribution in [2.45, 2.75) is 156 Å². The number of hydrogen-bond donors (Lipinski definition) is 20. The third-order valence-electron chi connectivity index (χ3n) is 16.3. The Morgan fingerprint density at radius 1 is 0.547 bits per heavy atom. The summed E-state index contributed by atoms with van der Waals surface area (Å²) in [7, 11) is 4.61. The number of hydrogen-bond acceptors (Lipinski definition) is 27. The fourth-order valence-corrected chi connectivity index (χ4v) is 17.4. The standard InChI is InChI=1S/C62H84N16O22S6/c1-27-49(86)66-28(2)50(87)73-43-26-106-104-23-40-55(92)69-35(14-15-47(84)85)52(89)70-36(17-30-6-10-32(80)11-7-30)53(90)75-42(57(94)76-41(24-102-101-21-34(63)51(88)74-40)56(93)71-37(19-45(64)82)61(98)78-16-4-5-44(78)59(96)67-27)25-105-103-22-39(68-46(83)20-65-60(97)48(29(3)79)77-58(43)95)54(91)72-38(62(99)100)18-31-8-12-33(81)13-9-31/h6-13,27-29,34-44,48,79-81H,4-5,14-26,63H2,1-3H3,(H2,64,82)(H,65,97)(H,66,86)(H,67,96)(H,68,83)(H,69,92)(H,70,89)(H,71,93)(H,72,91)(H,73,87)(H,74,88)(H,75,90)(H,76,94)(H,77,95)(H,84,85)(H,99,100)/t27-,28-,29+,34-,35-,36-,37-,38-,39-,40-,41-,42-,43-,44-,48-/m0/s1. The summed E-state index contributed by atoms with van der Waals surface area (Å²) >= 11 is 0. The predicted octanol–water partition coefficient (Wildman–Crippen LogP) is -6.43. The molecule has 0 aromatic heterocycles. The van der Waals surface area contributed by atoms with Gasteiger partial charge in [-0.15, -0.1) is 0 Å². The molecule has 0 saturated carbocycles. The Morgan fingerprint density at radius 2 is 1.01 bits per heavy atom. The Kier molecular flexibility index (Phi) is 33.9. The highest BCUT2D eigenvalue weighted by molar-refractivity contribution is 8.77. The van der Waals surface area contributed by atoms with Crippen LogP contribution in [0.3, 0.4) is 0 Å². The molecule has 15 amide bonds. The number of carboxylic acid groups (broad SMARTS) is 2. The van der Waals surface area contributed by atoms with E-state index in [9.17, 15) is 97.5 Å². The van der Waals surface area contributed by atoms with Crippen LogP contribution in [0, 0.1) is 0 Å². The quantitative estimate of drug-likeness (QED) is 0.0655. The zero-order valence-corrected chi connectivity index (χ0v) is 62.0. The number of carboxylic acids is 2. The molecule has 2 aromatic carbocycles. The van der Waals surface area contributed by atoms with Crippen LogP contribution in [0.2, 0.25) is 0 Å². The highest BCUT2D eigenvalue weighted by Gasteiger charge is 2.42. The minimum absolute atomic E-state index is 0.0101. The summed E-state index contributed by atoms with van der Waals surface area (Å²) in [5.74, 6) is -23.1. The summed E-state index contributed by atoms with van der Waals surface area (Å²) in [6.07, 6.45) is -4.83. The lowest BCUT2D eigenvalue weighted by molar-refractivity contribution is -0.143. The van der Waals surface area contributed by atoms with Crippen LogP contribution in [0.1, 0.15) is 64.0 Å². The first-order valence-corrected chi connectivity index (χ1v) is 40.3. The summed E-state index contributed by atoms with van der Waals surface area (Å²) in [5, 5.41) is 82.9. The van der Waals surface area contributed by atoms with Gasteiger partial charge in [0.25, 0.3) is 0 Å². The number of primary amides is 1. The molecule has 0 unspecified atom stereocenters. The summed E-state index contributed by atoms with van der Waals surface area (Å²) < 4.78 is 0. The molecule has 0 aliphatic carbocycles. The molecule has 4 aliphatic rings. The summed E-state index contributed by atoms with van der Waals surface area (Å²) in [4.78, 5) is 241. The van der Waals surface area contributed by atoms with Gasteiger partial charge in [-0.25, -0.2) is 4.79 Å². The first-order valence-electron chi connectivity index (χ1n) is 32.9. The van der Waals surface area contributed by atoms with E-state index in [1.165, 1.54) is 62.4 Å². The van der Waals surface area contributed by atoms with Gasteiger partial charge in [0.1, 0.15) is 90.0 Å². The number of phenols is 2. The Morgan fingerprint density at radius 3 is 1.56 bits per heavy atom. The van der Waals surface area contributed by atoms with E-state index in [-0.39, 0.29) is 48.6 Å². The lowest BCUT2D eigenvalue weighted by atomic mass is 10.0. The molecular formula is C62H84N16O22S6. The maximum absolute atomic E-state index is 15.2. The van der Waals surface area contributed by atoms with Gasteiger partial charge in [-0.1, -0.05) is 89.0 Å². The number of nitrogens with zero attached hydrogens (tertiary/aromatic N) is 1. The molecule has 4 heterocycles. The minimum atomic E-state index is -1.95. The fraction of sp³-hybridized carbons (Fsp3) is 0.532. The molecule has 4 bridgehead atoms. The van der Waals surface area contributed by atoms with E-state index in [0.29, 0.717) is 16.4 Å². The smallest absolute Gasteiger partial charge is 0.326 e. The number of aliphatic carboxylic acids is 2. The van der Waals surface area contributed by atoms with Gasteiger partial charge in [-0.05, 0) is 75.4 Å². The van der Waals surface area contributed by atoms with Crippen LogP contribution in [-0.2, 0) is 94.3 Å². The number of benzene rings is 2. The molecule has 0 radical (unpaired) electrons. The number of aliphatic hydroxyl groups excluding tert-OH is 1. The van der Waals surface area contributed by atoms with Gasteiger partial charge in [-0.2, -0.15) is 0 Å². The van der Waals surface area contributed by atoms with Crippen molar-refractivity contribution in [3.05, 3.63) is 59.7 Å². The van der Waals surface area contributed by atoms with Crippen molar-refractivity contribution in [3.8, 4) is 11.5 Å². The number of aromatic hydroxyl groups is 2. The average Bonchev–Trinajstić information content (AvgIpc) is 1.59. The molecule has 106 heavy (non-hydrogen) atoms. The lowest BCUT2D eigenvalue weighted by Gasteiger charge is -2.30. The molecular weight excluding hydrogens is 1510 g/mol. The highest BCUT2D eigenvalue weighted by Crippen LogP contribution is 2.28. The second kappa shape index (κ2) is 41.8. The van der Waals surface area contributed by atoms with Crippen molar-refractivity contribution < 1.29 is 107 Å². The van der Waals surface area contributed by atoms with Gasteiger partial charge < -0.3 is 111 Å². The molecule has 4 fully saturated rings. The van der Waals surface area contributed by atoms with E-state index in [2.05, 4.69) is 69.1 Å². The topological polar surface area (TPSA) is 603 Å². The molecule has 0 spiro atoms. The first-order chi connectivity index (χ1) is 50.2. The van der Waals surface area contributed by atoms with Gasteiger partial charge >= 0.3 is 11.9 Å². The summed E-state index contributed by atoms with van der Waals surface area (Å²) in [6, 6.07) is -13.5. The molecule has 4 aliphatic heterocycles. The van der Waals surface area contributed by atoms with Crippen LogP contribution in [0.5, 0.6) is 11.5 Å². The maximum atomic E-state index is 15.2. The van der Waals surface area contributed by atoms with Gasteiger partial charge in [0, 0.05) is 60.3 Å². The zero-order valence-electron chi connectivity index (χ0n) is 57.1. The van der Waals surface area contributed by atoms with Crippen molar-refractivity contribution in [2.24, 2.45) is 11.5 Å². The van der Waals surface area contributed by atoms with Gasteiger partial charge in [0.2, 0.25) is 88.6 Å². The van der Waals surface area contributed by atoms with Crippen molar-refractivity contribution >= 4 is 165 Å². The number of rotatable bonds is 13. The van der Waals surface area contributed by atoms with Gasteiger partial charge in [-0.3, -0.25) is 76.7 Å². The number of fused-ring (bicyclic) bond motifs is 20. The SMILES string of the molecule is C[C@@H]1NC(=O)[C@H](C)NC(=O)[C@@H]2CCCN2C(=O)[C@H](CC(N)=O)NC(=O)[C@@H]2CSSC[C@H](N)C(=O)N[C@H]3CSSC[C@H](NC1=O)C(=O)N[C@@H]([C@@H](C)O)C(=O)NCC(=O)N[C@H](C(=O)N[C@@H](Cc1ccc(O)cc1)C(=O)O)CSSC[C@H](NC(=O)[C@H](Cc1ccc(O)cc1)NC(=O)[C@H](CCC(=O)O)NC3=O)C(=O)N2. The Labute approximate surface area is 629 Å². The van der Waals surface area contributed by atoms with Crippen LogP contribution < -0.4 is 80.6 Å². The predicted molar refractivity (Wildman–Crippen MR) is 389 cm³/mol. The van der Waals surface area contributed by atoms with E-state index in [0.717, 1.165) is 65.8 Å². The van der Waals surface area contributed by atoms with E-state index < -0.39 is 252 Å². The van der Waals surface area contributed by atoms with Crippen LogP contribution in [0.25, 0.3) is 0 Å². The lowest BCUT2D eigenvalue weighted by Crippen LogP contribution is -2.62. The van der Waals surface area contributed by atoms with Crippen molar-refractivity contribution in [3.63, 3.8) is 0 Å². The van der Waals surface area contributed by atoms with E-state index in [1.54, 1.807) is 0 Å². The van der Waals surface area contributed by atoms with Crippen LogP contribution in [-0.4, -0.2) is 269 Å². The van der Waals surface area contributed by atoms with E-state index >= 15 is 9.59 Å². The first kappa shape index (κ1) is 86.0. The molecule has 15 atom stereocenters. The summed E-state index contributed by atoms with van der Waals surface area (Å²) in [5.41, 5.74) is 12.6. The molecule has 38 nitrogen and oxygen atoms in total. The number of phenolic OH excluding ortho intramolecular Hbond substituents is 2. The fourth-order valence-electron chi connectivity index (χ4n) is 10.4. The largest absolute Gasteiger partial charge is 0.508 e. The van der Waals surface area contributed by atoms with E-state index in [1.807, 2.05) is 0 Å². The van der Waals surface area contributed by atoms with Crippen LogP contribution in [0.4, 0.5) is 0 Å². The third-order valence-corrected chi connectivity index (χ3v) is 23.6. The van der Waals surface area contributed by atoms with Crippen molar-refractivity contribution in [1.29, 1.82) is 0 Å². The second-order valence-electron chi connectivity index (χ2n) is 24.7. The molecule has 580 valence electrons. The summed E-state index contributed by atoms with van der Waals surface area (Å²) in [6.45, 7) is 2.34. The Bertz CT molecular complexity index is 3590. The molecule has 2 aromatic rings. The number of amides is 15. The van der Waals surface area contributed by atoms with Gasteiger partial charge in [0.15, 0.2) is 0 Å². The maximum Gasteiger partial charge on any atom is 0.326 e. The number of carbonyl (C=O) groups is 17. The molecule has 4 saturated heterocycles. The third kappa shape index (κ3) is 27.1. The van der Waals surface area contributed by atoms with Crippen molar-refractivity contribution in [1.82, 2.24) is 74.0 Å². The highest BCUT2D eigenvalue weighted by atomic mass is 33.1. The minimum Gasteiger partial charge on any atom is -0.508 e. The van der Waals surface area contributed by atoms with E-state index in [4.69, 9.17) is 11.5 Å². The van der Waals surface area contributed by atoms with Gasteiger partial charge in [0.05, 0.1) is 25.1 Å². The monoisotopic (exact) mass is 1600 g/mol. The molecule has 6 rings (SSSR count). The zero-order chi connectivity index (χ0) is 78.1. The number of nitrogens with one attached hydrogen (secondary N) is 13. The van der Waals surface area contributed by atoms with Crippen LogP contribution in [0.15, 0.2) is 48.5 Å². The normalized spacial score (nSPS) is 27.6. The number of aliphatic hydroxyl groups is 1. The average molecular weight is 1600 g/mol. The number of carbonyl (C=O) groups excluding carboxylic acids is 15. The Balaban J connectivity index is 1.56. The second-order valence-corrected chi connectivity index (χ2v) is 32.4. The Hall–Kier alpha value is -8.95. The van der Waals surface area contributed by atoms with Crippen molar-refractivity contribution in [2.75, 3.05) is 47.6 Å². The van der Waals surface area contributed by atoms with Crippen LogP contribution >= 0.6 is 64.8 Å². The molecule has 22 N–H and O–H groups in total. The number of nitrogens with two attached hydrogens (primary N) is 2. The molecule has 44 heteroatoms.